The van der Waals surface area contributed by atoms with E-state index >= 15 is 0 Å². The molecule has 0 spiro atoms. The Labute approximate surface area is 116 Å². The zero-order chi connectivity index (χ0) is 14.1. The Kier molecular flexibility index (Phi) is 3.06. The number of aryl methyl sites for hydroxylation is 1. The van der Waals surface area contributed by atoms with Crippen LogP contribution in [0, 0.1) is 5.82 Å². The van der Waals surface area contributed by atoms with Crippen LogP contribution in [0.1, 0.15) is 12.5 Å². The number of anilines is 1. The lowest BCUT2D eigenvalue weighted by atomic mass is 10.1. The summed E-state index contributed by atoms with van der Waals surface area (Å²) in [6.07, 6.45) is 0.986. The summed E-state index contributed by atoms with van der Waals surface area (Å²) in [6, 6.07) is 12.4. The molecule has 0 aliphatic carbocycles. The molecule has 1 aromatic heterocycles. The molecular weight excluding hydrogens is 253 g/mol. The molecule has 0 aliphatic heterocycles. The second-order valence-corrected chi connectivity index (χ2v) is 4.64. The zero-order valence-corrected chi connectivity index (χ0v) is 11.1. The lowest BCUT2D eigenvalue weighted by molar-refractivity contribution is 0.629. The van der Waals surface area contributed by atoms with Crippen LogP contribution in [-0.4, -0.2) is 9.97 Å². The van der Waals surface area contributed by atoms with E-state index in [1.54, 1.807) is 6.07 Å². The van der Waals surface area contributed by atoms with E-state index in [1.807, 2.05) is 24.3 Å². The molecule has 20 heavy (non-hydrogen) atoms. The number of halogens is 1. The first-order valence-electron chi connectivity index (χ1n) is 6.49. The van der Waals surface area contributed by atoms with Crippen molar-refractivity contribution >= 4 is 16.7 Å². The third-order valence-corrected chi connectivity index (χ3v) is 3.31. The van der Waals surface area contributed by atoms with Crippen LogP contribution in [-0.2, 0) is 6.42 Å². The molecule has 0 amide bonds. The Morgan fingerprint density at radius 1 is 1.05 bits per heavy atom. The van der Waals surface area contributed by atoms with Crippen molar-refractivity contribution in [1.29, 1.82) is 0 Å². The highest BCUT2D eigenvalue weighted by atomic mass is 19.1. The zero-order valence-electron chi connectivity index (χ0n) is 11.1. The number of hydrogen-bond acceptors (Lipinski definition) is 3. The normalized spacial score (nSPS) is 10.9. The van der Waals surface area contributed by atoms with Crippen molar-refractivity contribution in [2.24, 2.45) is 0 Å². The maximum atomic E-state index is 13.2. The summed E-state index contributed by atoms with van der Waals surface area (Å²) in [7, 11) is 0. The van der Waals surface area contributed by atoms with Gasteiger partial charge in [-0.2, -0.15) is 0 Å². The predicted molar refractivity (Wildman–Crippen MR) is 78.7 cm³/mol. The van der Waals surface area contributed by atoms with Crippen molar-refractivity contribution in [3.63, 3.8) is 0 Å². The van der Waals surface area contributed by atoms with Gasteiger partial charge in [-0.3, -0.25) is 0 Å². The van der Waals surface area contributed by atoms with Gasteiger partial charge in [-0.1, -0.05) is 31.2 Å². The fourth-order valence-electron chi connectivity index (χ4n) is 2.14. The molecule has 3 rings (SSSR count). The number of hydrogen-bond donors (Lipinski definition) is 1. The van der Waals surface area contributed by atoms with Crippen molar-refractivity contribution in [3.05, 3.63) is 53.8 Å². The van der Waals surface area contributed by atoms with E-state index in [9.17, 15) is 4.39 Å². The molecule has 3 aromatic rings. The molecule has 4 heteroatoms. The molecule has 0 bridgehead atoms. The van der Waals surface area contributed by atoms with Crippen LogP contribution in [0.25, 0.3) is 22.3 Å². The Hall–Kier alpha value is -2.49. The minimum Gasteiger partial charge on any atom is -0.383 e. The standard InChI is InChI=1S/C16H14FN3/c1-2-10-3-5-11(6-4-10)16-19-14-8-7-12(17)9-13(14)15(18)20-16/h3-9H,2H2,1H3,(H2,18,19,20). The van der Waals surface area contributed by atoms with E-state index in [-0.39, 0.29) is 5.82 Å². The molecule has 2 N–H and O–H groups in total. The second kappa shape index (κ2) is 4.89. The molecule has 0 atom stereocenters. The first-order chi connectivity index (χ1) is 9.67. The van der Waals surface area contributed by atoms with Crippen molar-refractivity contribution < 1.29 is 4.39 Å². The minimum absolute atomic E-state index is 0.295. The third kappa shape index (κ3) is 2.20. The van der Waals surface area contributed by atoms with E-state index in [0.29, 0.717) is 22.5 Å². The van der Waals surface area contributed by atoms with E-state index in [2.05, 4.69) is 16.9 Å². The molecule has 0 saturated heterocycles. The fourth-order valence-corrected chi connectivity index (χ4v) is 2.14. The Morgan fingerprint density at radius 2 is 1.80 bits per heavy atom. The lowest BCUT2D eigenvalue weighted by Crippen LogP contribution is -1.98. The van der Waals surface area contributed by atoms with Crippen LogP contribution in [0.4, 0.5) is 10.2 Å². The van der Waals surface area contributed by atoms with Gasteiger partial charge in [0.05, 0.1) is 5.52 Å². The molecule has 100 valence electrons. The van der Waals surface area contributed by atoms with Gasteiger partial charge in [-0.05, 0) is 30.2 Å². The van der Waals surface area contributed by atoms with Gasteiger partial charge < -0.3 is 5.73 Å². The highest BCUT2D eigenvalue weighted by Crippen LogP contribution is 2.24. The summed E-state index contributed by atoms with van der Waals surface area (Å²) in [5.74, 6) is 0.515. The molecule has 0 unspecified atom stereocenters. The van der Waals surface area contributed by atoms with E-state index in [1.165, 1.54) is 17.7 Å². The Morgan fingerprint density at radius 3 is 2.50 bits per heavy atom. The lowest BCUT2D eigenvalue weighted by Gasteiger charge is -2.06. The number of aromatic nitrogens is 2. The van der Waals surface area contributed by atoms with Gasteiger partial charge in [-0.25, -0.2) is 14.4 Å². The maximum Gasteiger partial charge on any atom is 0.162 e. The van der Waals surface area contributed by atoms with Gasteiger partial charge >= 0.3 is 0 Å². The van der Waals surface area contributed by atoms with Crippen LogP contribution in [0.5, 0.6) is 0 Å². The summed E-state index contributed by atoms with van der Waals surface area (Å²) in [6.45, 7) is 2.11. The topological polar surface area (TPSA) is 51.8 Å². The van der Waals surface area contributed by atoms with Crippen LogP contribution >= 0.6 is 0 Å². The second-order valence-electron chi connectivity index (χ2n) is 4.64. The van der Waals surface area contributed by atoms with E-state index in [4.69, 9.17) is 5.73 Å². The van der Waals surface area contributed by atoms with Gasteiger partial charge in [-0.15, -0.1) is 0 Å². The number of rotatable bonds is 2. The largest absolute Gasteiger partial charge is 0.383 e. The monoisotopic (exact) mass is 267 g/mol. The number of fused-ring (bicyclic) bond motifs is 1. The third-order valence-electron chi connectivity index (χ3n) is 3.31. The predicted octanol–water partition coefficient (Wildman–Crippen LogP) is 3.58. The van der Waals surface area contributed by atoms with Crippen LogP contribution in [0.15, 0.2) is 42.5 Å². The highest BCUT2D eigenvalue weighted by Gasteiger charge is 2.08. The molecule has 0 aliphatic rings. The Bertz CT molecular complexity index is 767. The smallest absolute Gasteiger partial charge is 0.162 e. The van der Waals surface area contributed by atoms with Crippen molar-refractivity contribution in [2.75, 3.05) is 5.73 Å². The molecule has 0 saturated carbocycles. The fraction of sp³-hybridized carbons (Fsp3) is 0.125. The maximum absolute atomic E-state index is 13.2. The highest BCUT2D eigenvalue weighted by molar-refractivity contribution is 5.89. The molecule has 3 nitrogen and oxygen atoms in total. The SMILES string of the molecule is CCc1ccc(-c2nc(N)c3cc(F)ccc3n2)cc1. The number of nitrogens with zero attached hydrogens (tertiary/aromatic N) is 2. The number of benzene rings is 2. The van der Waals surface area contributed by atoms with Crippen LogP contribution in [0.3, 0.4) is 0 Å². The molecule has 0 fully saturated rings. The molecule has 2 aromatic carbocycles. The quantitative estimate of drug-likeness (QED) is 0.772. The summed E-state index contributed by atoms with van der Waals surface area (Å²) >= 11 is 0. The molecule has 1 heterocycles. The molecular formula is C16H14FN3. The van der Waals surface area contributed by atoms with Crippen LogP contribution < -0.4 is 5.73 Å². The van der Waals surface area contributed by atoms with Gasteiger partial charge in [0.1, 0.15) is 11.6 Å². The van der Waals surface area contributed by atoms with Gasteiger partial charge in [0.2, 0.25) is 0 Å². The first-order valence-corrected chi connectivity index (χ1v) is 6.49. The minimum atomic E-state index is -0.340. The van der Waals surface area contributed by atoms with Gasteiger partial charge in [0.15, 0.2) is 5.82 Å². The van der Waals surface area contributed by atoms with Crippen LogP contribution in [0.2, 0.25) is 0 Å². The van der Waals surface area contributed by atoms with E-state index in [0.717, 1.165) is 12.0 Å². The molecule has 0 radical (unpaired) electrons. The number of nitrogens with two attached hydrogens (primary N) is 1. The Balaban J connectivity index is 2.14. The van der Waals surface area contributed by atoms with Gasteiger partial charge in [0, 0.05) is 10.9 Å². The summed E-state index contributed by atoms with van der Waals surface area (Å²) in [5.41, 5.74) is 8.71. The first kappa shape index (κ1) is 12.5. The van der Waals surface area contributed by atoms with Crippen molar-refractivity contribution in [1.82, 2.24) is 9.97 Å². The van der Waals surface area contributed by atoms with Crippen molar-refractivity contribution in [3.8, 4) is 11.4 Å². The van der Waals surface area contributed by atoms with Crippen molar-refractivity contribution in [2.45, 2.75) is 13.3 Å². The van der Waals surface area contributed by atoms with E-state index < -0.39 is 0 Å². The summed E-state index contributed by atoms with van der Waals surface area (Å²) in [4.78, 5) is 8.71. The van der Waals surface area contributed by atoms with Gasteiger partial charge in [0.25, 0.3) is 0 Å². The average molecular weight is 267 g/mol. The number of nitrogen functional groups attached to an aromatic ring is 1. The average Bonchev–Trinajstić information content (AvgIpc) is 2.48. The summed E-state index contributed by atoms with van der Waals surface area (Å²) < 4.78 is 13.2. The summed E-state index contributed by atoms with van der Waals surface area (Å²) in [5, 5.41) is 0.541.